The quantitative estimate of drug-likeness (QED) is 0.729. The zero-order valence-electron chi connectivity index (χ0n) is 13.4. The number of halogens is 1. The summed E-state index contributed by atoms with van der Waals surface area (Å²) in [7, 11) is 1.61. The van der Waals surface area contributed by atoms with Crippen LogP contribution in [0.25, 0.3) is 5.65 Å². The number of pyridine rings is 1. The van der Waals surface area contributed by atoms with Crippen LogP contribution in [0.5, 0.6) is 5.75 Å². The fraction of sp³-hybridized carbons (Fsp3) is 0.222. The highest BCUT2D eigenvalue weighted by atomic mass is 79.9. The normalized spacial score (nSPS) is 16.2. The van der Waals surface area contributed by atoms with E-state index in [0.717, 1.165) is 28.3 Å². The maximum atomic E-state index is 12.2. The third-order valence-corrected chi connectivity index (χ3v) is 4.44. The first-order valence-corrected chi connectivity index (χ1v) is 7.59. The average Bonchev–Trinajstić information content (AvgIpc) is 2.91. The third-order valence-electron chi connectivity index (χ3n) is 4.44. The summed E-state index contributed by atoms with van der Waals surface area (Å²) in [6.45, 7) is 2.04. The Labute approximate surface area is 150 Å². The van der Waals surface area contributed by atoms with Gasteiger partial charge in [-0.15, -0.1) is 17.0 Å². The van der Waals surface area contributed by atoms with Gasteiger partial charge in [0.1, 0.15) is 11.4 Å². The minimum absolute atomic E-state index is 0. The number of nitrogens with zero attached hydrogens (tertiary/aromatic N) is 2. The van der Waals surface area contributed by atoms with E-state index in [2.05, 4.69) is 9.72 Å². The van der Waals surface area contributed by atoms with E-state index in [4.69, 9.17) is 9.72 Å². The lowest BCUT2D eigenvalue weighted by Crippen LogP contribution is -2.24. The number of fused-ring (bicyclic) bond motifs is 2. The Morgan fingerprint density at radius 2 is 2.08 bits per heavy atom. The molecule has 6 heteroatoms. The molecule has 0 spiro atoms. The fourth-order valence-corrected chi connectivity index (χ4v) is 3.34. The molecule has 3 heterocycles. The molecule has 1 aromatic carbocycles. The monoisotopic (exact) mass is 387 g/mol. The second-order valence-electron chi connectivity index (χ2n) is 5.74. The van der Waals surface area contributed by atoms with Crippen molar-refractivity contribution in [2.75, 3.05) is 12.4 Å². The highest BCUT2D eigenvalue weighted by Crippen LogP contribution is 2.42. The molecule has 0 saturated carbocycles. The van der Waals surface area contributed by atoms with Crippen LogP contribution in [0.1, 0.15) is 29.3 Å². The molecule has 1 unspecified atom stereocenters. The largest absolute Gasteiger partial charge is 0.495 e. The van der Waals surface area contributed by atoms with Crippen molar-refractivity contribution in [3.8, 4) is 5.75 Å². The number of benzene rings is 1. The lowest BCUT2D eigenvalue weighted by atomic mass is 9.87. The Kier molecular flexibility index (Phi) is 4.32. The Balaban J connectivity index is 0.00000169. The van der Waals surface area contributed by atoms with E-state index in [-0.39, 0.29) is 28.8 Å². The van der Waals surface area contributed by atoms with Gasteiger partial charge in [-0.25, -0.2) is 4.98 Å². The van der Waals surface area contributed by atoms with Crippen LogP contribution in [-0.4, -0.2) is 22.4 Å². The number of aryl methyl sites for hydroxylation is 1. The first kappa shape index (κ1) is 16.5. The molecule has 1 amide bonds. The Bertz CT molecular complexity index is 920. The van der Waals surface area contributed by atoms with Crippen molar-refractivity contribution in [2.24, 2.45) is 0 Å². The molecular weight excluding hydrogens is 370 g/mol. The number of hydrogen-bond donors (Lipinski definition) is 1. The van der Waals surface area contributed by atoms with Gasteiger partial charge >= 0.3 is 0 Å². The van der Waals surface area contributed by atoms with Crippen LogP contribution in [0.15, 0.2) is 42.6 Å². The van der Waals surface area contributed by atoms with Gasteiger partial charge in [0.15, 0.2) is 0 Å². The van der Waals surface area contributed by atoms with Crippen molar-refractivity contribution in [3.05, 3.63) is 59.5 Å². The molecular formula is C18H18BrN3O2. The number of imidazole rings is 1. The number of aromatic nitrogens is 2. The second-order valence-corrected chi connectivity index (χ2v) is 5.74. The minimum atomic E-state index is -0.0613. The number of anilines is 1. The number of rotatable bonds is 2. The summed E-state index contributed by atoms with van der Waals surface area (Å²) in [5.41, 5.74) is 4.72. The van der Waals surface area contributed by atoms with Crippen molar-refractivity contribution < 1.29 is 9.53 Å². The highest BCUT2D eigenvalue weighted by molar-refractivity contribution is 8.93. The van der Waals surface area contributed by atoms with Crippen LogP contribution >= 0.6 is 17.0 Å². The van der Waals surface area contributed by atoms with Crippen LogP contribution < -0.4 is 10.1 Å². The first-order valence-electron chi connectivity index (χ1n) is 7.59. The van der Waals surface area contributed by atoms with Crippen molar-refractivity contribution >= 4 is 34.2 Å². The van der Waals surface area contributed by atoms with Gasteiger partial charge in [-0.3, -0.25) is 4.79 Å². The number of methoxy groups -OCH3 is 1. The van der Waals surface area contributed by atoms with Gasteiger partial charge in [0, 0.05) is 24.2 Å². The maximum absolute atomic E-state index is 12.2. The number of para-hydroxylation sites is 1. The molecule has 5 nitrogen and oxygen atoms in total. The number of hydrogen-bond acceptors (Lipinski definition) is 3. The summed E-state index contributed by atoms with van der Waals surface area (Å²) in [4.78, 5) is 17.0. The highest BCUT2D eigenvalue weighted by Gasteiger charge is 2.31. The summed E-state index contributed by atoms with van der Waals surface area (Å²) < 4.78 is 7.45. The standard InChI is InChI=1S/C18H17N3O2.BrH/c1-11-17(19-15-8-3-4-9-21(11)15)13-10-16(22)20-18-12(13)6-5-7-14(18)23-2;/h3-9,13H,10H2,1-2H3,(H,20,22);1H. The van der Waals surface area contributed by atoms with Crippen LogP contribution in [0.4, 0.5) is 5.69 Å². The van der Waals surface area contributed by atoms with Crippen LogP contribution in [0.3, 0.4) is 0 Å². The van der Waals surface area contributed by atoms with Gasteiger partial charge in [-0.05, 0) is 30.7 Å². The predicted molar refractivity (Wildman–Crippen MR) is 98.3 cm³/mol. The maximum Gasteiger partial charge on any atom is 0.225 e. The fourth-order valence-electron chi connectivity index (χ4n) is 3.34. The molecule has 1 N–H and O–H groups in total. The molecule has 124 valence electrons. The van der Waals surface area contributed by atoms with Gasteiger partial charge in [0.2, 0.25) is 5.91 Å². The van der Waals surface area contributed by atoms with E-state index in [0.29, 0.717) is 12.2 Å². The molecule has 0 bridgehead atoms. The molecule has 2 aromatic heterocycles. The zero-order chi connectivity index (χ0) is 16.0. The molecule has 3 aromatic rings. The third kappa shape index (κ3) is 2.47. The van der Waals surface area contributed by atoms with Crippen LogP contribution in [0.2, 0.25) is 0 Å². The summed E-state index contributed by atoms with van der Waals surface area (Å²) in [6.07, 6.45) is 2.39. The van der Waals surface area contributed by atoms with E-state index >= 15 is 0 Å². The smallest absolute Gasteiger partial charge is 0.225 e. The van der Waals surface area contributed by atoms with Crippen LogP contribution in [-0.2, 0) is 4.79 Å². The first-order chi connectivity index (χ1) is 11.2. The molecule has 24 heavy (non-hydrogen) atoms. The topological polar surface area (TPSA) is 55.6 Å². The number of carbonyl (C=O) groups excluding carboxylic acids is 1. The van der Waals surface area contributed by atoms with E-state index in [1.54, 1.807) is 7.11 Å². The average molecular weight is 388 g/mol. The van der Waals surface area contributed by atoms with Crippen LogP contribution in [0, 0.1) is 6.92 Å². The SMILES string of the molecule is Br.COc1cccc2c1NC(=O)CC2c1nc2ccccn2c1C. The molecule has 4 rings (SSSR count). The Morgan fingerprint density at radius 1 is 1.25 bits per heavy atom. The predicted octanol–water partition coefficient (Wildman–Crippen LogP) is 3.70. The molecule has 1 aliphatic heterocycles. The van der Waals surface area contributed by atoms with Gasteiger partial charge in [-0.1, -0.05) is 18.2 Å². The Morgan fingerprint density at radius 3 is 2.83 bits per heavy atom. The number of carbonyl (C=O) groups is 1. The molecule has 0 saturated heterocycles. The molecule has 1 atom stereocenters. The number of ether oxygens (including phenoxy) is 1. The zero-order valence-corrected chi connectivity index (χ0v) is 15.2. The lowest BCUT2D eigenvalue weighted by Gasteiger charge is -2.26. The van der Waals surface area contributed by atoms with Crippen molar-refractivity contribution in [1.29, 1.82) is 0 Å². The summed E-state index contributed by atoms with van der Waals surface area (Å²) in [5.74, 6) is 0.610. The van der Waals surface area contributed by atoms with E-state index in [1.165, 1.54) is 0 Å². The van der Waals surface area contributed by atoms with Gasteiger partial charge in [0.05, 0.1) is 18.5 Å². The molecule has 0 radical (unpaired) electrons. The summed E-state index contributed by atoms with van der Waals surface area (Å²) in [6, 6.07) is 11.8. The molecule has 0 aliphatic carbocycles. The molecule has 0 fully saturated rings. The van der Waals surface area contributed by atoms with E-state index in [9.17, 15) is 4.79 Å². The summed E-state index contributed by atoms with van der Waals surface area (Å²) in [5, 5.41) is 2.93. The number of nitrogens with one attached hydrogen (secondary N) is 1. The van der Waals surface area contributed by atoms with Gasteiger partial charge < -0.3 is 14.5 Å². The number of amides is 1. The lowest BCUT2D eigenvalue weighted by molar-refractivity contribution is -0.116. The van der Waals surface area contributed by atoms with Crippen molar-refractivity contribution in [3.63, 3.8) is 0 Å². The molecule has 1 aliphatic rings. The minimum Gasteiger partial charge on any atom is -0.495 e. The Hall–Kier alpha value is -2.34. The van der Waals surface area contributed by atoms with Gasteiger partial charge in [0.25, 0.3) is 0 Å². The van der Waals surface area contributed by atoms with Gasteiger partial charge in [-0.2, -0.15) is 0 Å². The summed E-state index contributed by atoms with van der Waals surface area (Å²) >= 11 is 0. The van der Waals surface area contributed by atoms with E-state index < -0.39 is 0 Å². The second kappa shape index (κ2) is 6.28. The van der Waals surface area contributed by atoms with Crippen molar-refractivity contribution in [1.82, 2.24) is 9.38 Å². The van der Waals surface area contributed by atoms with E-state index in [1.807, 2.05) is 49.5 Å². The van der Waals surface area contributed by atoms with Crippen molar-refractivity contribution in [2.45, 2.75) is 19.3 Å².